The lowest BCUT2D eigenvalue weighted by Crippen LogP contribution is -2.60. The van der Waals surface area contributed by atoms with Gasteiger partial charge in [-0.2, -0.15) is 15.6 Å². The Morgan fingerprint density at radius 1 is 1.30 bits per heavy atom. The van der Waals surface area contributed by atoms with Crippen molar-refractivity contribution in [3.8, 4) is 0 Å². The Kier molecular flexibility index (Phi) is 4.75. The van der Waals surface area contributed by atoms with E-state index in [4.69, 9.17) is 9.47 Å². The van der Waals surface area contributed by atoms with Gasteiger partial charge in [0.2, 0.25) is 10.0 Å². The maximum Gasteiger partial charge on any atom is 0.254 e. The van der Waals surface area contributed by atoms with Crippen molar-refractivity contribution in [3.63, 3.8) is 0 Å². The van der Waals surface area contributed by atoms with Crippen LogP contribution >= 0.6 is 11.3 Å². The lowest BCUT2D eigenvalue weighted by Gasteiger charge is -2.42. The third-order valence-electron chi connectivity index (χ3n) is 4.09. The van der Waals surface area contributed by atoms with Crippen LogP contribution in [-0.4, -0.2) is 81.4 Å². The predicted molar refractivity (Wildman–Crippen MR) is 86.1 cm³/mol. The third-order valence-corrected chi connectivity index (χ3v) is 6.02. The number of carbonyl (C=O) groups is 1. The second kappa shape index (κ2) is 6.48. The summed E-state index contributed by atoms with van der Waals surface area (Å²) in [5.74, 6) is -0.0518. The van der Waals surface area contributed by atoms with E-state index in [0.717, 1.165) is 0 Å². The first-order valence-corrected chi connectivity index (χ1v) is 10.2. The summed E-state index contributed by atoms with van der Waals surface area (Å²) in [4.78, 5) is 14.3. The molecule has 2 aliphatic rings. The zero-order valence-electron chi connectivity index (χ0n) is 12.9. The molecule has 1 spiro atoms. The molecule has 1 aromatic heterocycles. The first-order valence-electron chi connectivity index (χ1n) is 7.38. The zero-order valence-corrected chi connectivity index (χ0v) is 14.6. The van der Waals surface area contributed by atoms with Crippen LogP contribution in [0.1, 0.15) is 10.4 Å². The Hall–Kier alpha value is -1.00. The molecule has 23 heavy (non-hydrogen) atoms. The largest absolute Gasteiger partial charge is 0.377 e. The predicted octanol–water partition coefficient (Wildman–Crippen LogP) is 0.251. The highest BCUT2D eigenvalue weighted by Gasteiger charge is 2.43. The SMILES string of the molecule is CS(=O)(=O)N1CCOC[C@]2(CN(C(=O)c3ccsc3)CCO2)C1. The highest BCUT2D eigenvalue weighted by molar-refractivity contribution is 7.88. The summed E-state index contributed by atoms with van der Waals surface area (Å²) in [5, 5.41) is 3.68. The molecule has 0 bridgehead atoms. The minimum atomic E-state index is -3.33. The fourth-order valence-electron chi connectivity index (χ4n) is 2.92. The minimum absolute atomic E-state index is 0.0518. The van der Waals surface area contributed by atoms with Crippen LogP contribution in [0.5, 0.6) is 0 Å². The number of sulfonamides is 1. The van der Waals surface area contributed by atoms with Gasteiger partial charge in [0.1, 0.15) is 5.60 Å². The quantitative estimate of drug-likeness (QED) is 0.756. The summed E-state index contributed by atoms with van der Waals surface area (Å²) in [6.07, 6.45) is 1.18. The average Bonchev–Trinajstić information content (AvgIpc) is 2.95. The van der Waals surface area contributed by atoms with Crippen LogP contribution in [0.15, 0.2) is 16.8 Å². The van der Waals surface area contributed by atoms with Crippen molar-refractivity contribution in [2.75, 3.05) is 52.3 Å². The van der Waals surface area contributed by atoms with Crippen LogP contribution in [0.25, 0.3) is 0 Å². The molecule has 1 amide bonds. The lowest BCUT2D eigenvalue weighted by atomic mass is 10.0. The summed E-state index contributed by atoms with van der Waals surface area (Å²) in [5.41, 5.74) is -0.148. The van der Waals surface area contributed by atoms with Crippen molar-refractivity contribution in [2.45, 2.75) is 5.60 Å². The number of rotatable bonds is 2. The summed E-state index contributed by atoms with van der Waals surface area (Å²) < 4.78 is 36.6. The molecule has 9 heteroatoms. The Bertz CT molecular complexity index is 661. The molecule has 0 radical (unpaired) electrons. The van der Waals surface area contributed by atoms with Gasteiger partial charge < -0.3 is 14.4 Å². The summed E-state index contributed by atoms with van der Waals surface area (Å²) in [6, 6.07) is 1.79. The highest BCUT2D eigenvalue weighted by atomic mass is 32.2. The normalized spacial score (nSPS) is 27.1. The van der Waals surface area contributed by atoms with Gasteiger partial charge in [0.15, 0.2) is 0 Å². The number of amides is 1. The van der Waals surface area contributed by atoms with Crippen LogP contribution in [-0.2, 0) is 19.5 Å². The summed E-state index contributed by atoms with van der Waals surface area (Å²) >= 11 is 1.48. The van der Waals surface area contributed by atoms with Gasteiger partial charge in [-0.1, -0.05) is 0 Å². The first kappa shape index (κ1) is 16.8. The summed E-state index contributed by atoms with van der Waals surface area (Å²) in [6.45, 7) is 2.32. The van der Waals surface area contributed by atoms with Gasteiger partial charge in [-0.25, -0.2) is 8.42 Å². The van der Waals surface area contributed by atoms with Gasteiger partial charge in [-0.05, 0) is 11.4 Å². The smallest absolute Gasteiger partial charge is 0.254 e. The Labute approximate surface area is 139 Å². The second-order valence-corrected chi connectivity index (χ2v) is 8.68. The van der Waals surface area contributed by atoms with Crippen LogP contribution in [0.2, 0.25) is 0 Å². The molecule has 0 saturated carbocycles. The molecule has 0 N–H and O–H groups in total. The molecule has 3 heterocycles. The number of hydrogen-bond donors (Lipinski definition) is 0. The van der Waals surface area contributed by atoms with E-state index in [1.54, 1.807) is 11.0 Å². The molecule has 1 atom stereocenters. The van der Waals surface area contributed by atoms with Gasteiger partial charge in [0, 0.05) is 25.0 Å². The maximum absolute atomic E-state index is 12.6. The lowest BCUT2D eigenvalue weighted by molar-refractivity contribution is -0.129. The van der Waals surface area contributed by atoms with Crippen LogP contribution in [0, 0.1) is 0 Å². The molecule has 7 nitrogen and oxygen atoms in total. The van der Waals surface area contributed by atoms with Crippen molar-refractivity contribution >= 4 is 27.3 Å². The van der Waals surface area contributed by atoms with Gasteiger partial charge in [0.25, 0.3) is 5.91 Å². The number of nitrogens with zero attached hydrogens (tertiary/aromatic N) is 2. The molecular formula is C14H20N2O5S2. The van der Waals surface area contributed by atoms with Crippen LogP contribution in [0.4, 0.5) is 0 Å². The molecular weight excluding hydrogens is 340 g/mol. The van der Waals surface area contributed by atoms with E-state index in [9.17, 15) is 13.2 Å². The van der Waals surface area contributed by atoms with Gasteiger partial charge in [-0.15, -0.1) is 0 Å². The monoisotopic (exact) mass is 360 g/mol. The van der Waals surface area contributed by atoms with Gasteiger partial charge in [-0.3, -0.25) is 4.79 Å². The maximum atomic E-state index is 12.6. The Morgan fingerprint density at radius 2 is 2.13 bits per heavy atom. The molecule has 128 valence electrons. The Morgan fingerprint density at radius 3 is 2.83 bits per heavy atom. The molecule has 2 fully saturated rings. The van der Waals surface area contributed by atoms with Gasteiger partial charge >= 0.3 is 0 Å². The van der Waals surface area contributed by atoms with Crippen molar-refractivity contribution in [2.24, 2.45) is 0 Å². The molecule has 1 aromatic rings. The molecule has 0 aromatic carbocycles. The highest BCUT2D eigenvalue weighted by Crippen LogP contribution is 2.25. The van der Waals surface area contributed by atoms with E-state index in [1.807, 2.05) is 10.8 Å². The van der Waals surface area contributed by atoms with Crippen molar-refractivity contribution in [1.82, 2.24) is 9.21 Å². The van der Waals surface area contributed by atoms with Gasteiger partial charge in [0.05, 0.1) is 38.2 Å². The number of morpholine rings is 1. The first-order chi connectivity index (χ1) is 10.9. The number of ether oxygens (including phenoxy) is 2. The molecule has 0 unspecified atom stereocenters. The van der Waals surface area contributed by atoms with E-state index >= 15 is 0 Å². The van der Waals surface area contributed by atoms with Crippen molar-refractivity contribution < 1.29 is 22.7 Å². The van der Waals surface area contributed by atoms with Crippen LogP contribution < -0.4 is 0 Å². The fraction of sp³-hybridized carbons (Fsp3) is 0.643. The van der Waals surface area contributed by atoms with Crippen molar-refractivity contribution in [3.05, 3.63) is 22.4 Å². The average molecular weight is 360 g/mol. The number of hydrogen-bond acceptors (Lipinski definition) is 6. The third kappa shape index (κ3) is 3.74. The second-order valence-electron chi connectivity index (χ2n) is 5.92. The molecule has 3 rings (SSSR count). The standard InChI is InChI=1S/C14H20N2O5S2/c1-23(18,19)16-4-5-20-11-14(10-16)9-15(3-6-21-14)13(17)12-2-7-22-8-12/h2,7-8H,3-6,9-11H2,1H3/t14-/m0/s1. The van der Waals surface area contributed by atoms with E-state index in [1.165, 1.54) is 21.9 Å². The van der Waals surface area contributed by atoms with E-state index in [-0.39, 0.29) is 19.1 Å². The minimum Gasteiger partial charge on any atom is -0.377 e. The Balaban J connectivity index is 1.79. The topological polar surface area (TPSA) is 76.2 Å². The molecule has 2 saturated heterocycles. The van der Waals surface area contributed by atoms with Crippen molar-refractivity contribution in [1.29, 1.82) is 0 Å². The number of thiophene rings is 1. The van der Waals surface area contributed by atoms with E-state index in [0.29, 0.717) is 38.4 Å². The number of carbonyl (C=O) groups excluding carboxylic acids is 1. The van der Waals surface area contributed by atoms with E-state index < -0.39 is 15.6 Å². The summed E-state index contributed by atoms with van der Waals surface area (Å²) in [7, 11) is -3.33. The van der Waals surface area contributed by atoms with Crippen LogP contribution in [0.3, 0.4) is 0 Å². The molecule has 2 aliphatic heterocycles. The zero-order chi connectivity index (χ0) is 16.5. The fourth-order valence-corrected chi connectivity index (χ4v) is 4.43. The van der Waals surface area contributed by atoms with E-state index in [2.05, 4.69) is 0 Å². The molecule has 0 aliphatic carbocycles.